The fourth-order valence-electron chi connectivity index (χ4n) is 2.04. The predicted molar refractivity (Wildman–Crippen MR) is 107 cm³/mol. The summed E-state index contributed by atoms with van der Waals surface area (Å²) in [6.45, 7) is 6.44. The van der Waals surface area contributed by atoms with Crippen molar-refractivity contribution in [3.05, 3.63) is 34.4 Å². The first-order valence-electron chi connectivity index (χ1n) is 9.64. The average molecular weight is 416 g/mol. The lowest BCUT2D eigenvalue weighted by Crippen LogP contribution is -2.17. The highest BCUT2D eigenvalue weighted by Crippen LogP contribution is 2.16. The lowest BCUT2D eigenvalue weighted by molar-refractivity contribution is -0.384. The van der Waals surface area contributed by atoms with Gasteiger partial charge in [-0.2, -0.15) is 0 Å². The summed E-state index contributed by atoms with van der Waals surface area (Å²) in [5.41, 5.74) is 0.0348. The van der Waals surface area contributed by atoms with Crippen LogP contribution < -0.4 is 10.1 Å². The molecule has 0 aliphatic heterocycles. The molecule has 0 aromatic heterocycles. The van der Waals surface area contributed by atoms with Crippen LogP contribution in [0.15, 0.2) is 24.3 Å². The maximum absolute atomic E-state index is 10.6. The minimum Gasteiger partial charge on any atom is -0.491 e. The first-order valence-corrected chi connectivity index (χ1v) is 9.64. The molecule has 10 heteroatoms. The second-order valence-electron chi connectivity index (χ2n) is 5.76. The Morgan fingerprint density at radius 3 is 1.55 bits per heavy atom. The molecule has 0 radical (unpaired) electrons. The molecule has 0 unspecified atom stereocenters. The van der Waals surface area contributed by atoms with E-state index in [0.29, 0.717) is 78.4 Å². The lowest BCUT2D eigenvalue weighted by atomic mass is 10.3. The van der Waals surface area contributed by atoms with Gasteiger partial charge in [0.25, 0.3) is 5.69 Å². The summed E-state index contributed by atoms with van der Waals surface area (Å²) in [6.07, 6.45) is 0. The molecule has 0 bridgehead atoms. The van der Waals surface area contributed by atoms with Crippen molar-refractivity contribution < 1.29 is 33.3 Å². The molecule has 1 aromatic rings. The summed E-state index contributed by atoms with van der Waals surface area (Å²) in [5, 5.41) is 13.6. The van der Waals surface area contributed by atoms with Gasteiger partial charge in [-0.15, -0.1) is 0 Å². The number of benzene rings is 1. The van der Waals surface area contributed by atoms with E-state index in [0.717, 1.165) is 6.54 Å². The number of hydrogen-bond donors (Lipinski definition) is 1. The highest BCUT2D eigenvalue weighted by molar-refractivity contribution is 5.35. The van der Waals surface area contributed by atoms with E-state index in [1.54, 1.807) is 12.1 Å². The number of rotatable bonds is 20. The summed E-state index contributed by atoms with van der Waals surface area (Å²) in [7, 11) is 1.88. The van der Waals surface area contributed by atoms with Gasteiger partial charge in [0.15, 0.2) is 0 Å². The van der Waals surface area contributed by atoms with Gasteiger partial charge >= 0.3 is 0 Å². The van der Waals surface area contributed by atoms with Gasteiger partial charge in [-0.3, -0.25) is 10.1 Å². The second kappa shape index (κ2) is 18.2. The van der Waals surface area contributed by atoms with E-state index >= 15 is 0 Å². The zero-order chi connectivity index (χ0) is 21.0. The van der Waals surface area contributed by atoms with Crippen molar-refractivity contribution in [2.24, 2.45) is 0 Å². The Morgan fingerprint density at radius 2 is 1.14 bits per heavy atom. The molecule has 0 aliphatic rings. The first kappa shape index (κ1) is 25.2. The van der Waals surface area contributed by atoms with E-state index in [1.807, 2.05) is 7.05 Å². The number of nitrogens with one attached hydrogen (secondary N) is 1. The Morgan fingerprint density at radius 1 is 0.724 bits per heavy atom. The number of likely N-dealkylation sites (N-methyl/N-ethyl adjacent to an activating group) is 1. The largest absolute Gasteiger partial charge is 0.491 e. The average Bonchev–Trinajstić information content (AvgIpc) is 2.73. The molecule has 0 fully saturated rings. The number of nitro benzene ring substituents is 1. The van der Waals surface area contributed by atoms with Crippen molar-refractivity contribution in [2.75, 3.05) is 86.3 Å². The second-order valence-corrected chi connectivity index (χ2v) is 5.76. The van der Waals surface area contributed by atoms with Crippen molar-refractivity contribution in [2.45, 2.75) is 0 Å². The molecule has 1 rings (SSSR count). The van der Waals surface area contributed by atoms with Crippen LogP contribution in [-0.4, -0.2) is 91.2 Å². The minimum atomic E-state index is -0.449. The van der Waals surface area contributed by atoms with Crippen LogP contribution in [-0.2, 0) is 23.7 Å². The Labute approximate surface area is 171 Å². The summed E-state index contributed by atoms with van der Waals surface area (Å²) in [6, 6.07) is 5.93. The van der Waals surface area contributed by atoms with E-state index in [2.05, 4.69) is 5.32 Å². The van der Waals surface area contributed by atoms with Crippen LogP contribution in [0.3, 0.4) is 0 Å². The van der Waals surface area contributed by atoms with Crippen molar-refractivity contribution >= 4 is 5.69 Å². The molecule has 10 nitrogen and oxygen atoms in total. The molecule has 29 heavy (non-hydrogen) atoms. The number of hydrogen-bond acceptors (Lipinski definition) is 9. The topological polar surface area (TPSA) is 111 Å². The molecular formula is C19H32N2O8. The fraction of sp³-hybridized carbons (Fsp3) is 0.684. The molecule has 0 aliphatic carbocycles. The molecule has 0 amide bonds. The summed E-state index contributed by atoms with van der Waals surface area (Å²) in [5.74, 6) is 0.567. The summed E-state index contributed by atoms with van der Waals surface area (Å²) in [4.78, 5) is 10.1. The van der Waals surface area contributed by atoms with Gasteiger partial charge in [-0.25, -0.2) is 0 Å². The van der Waals surface area contributed by atoms with Gasteiger partial charge in [0.1, 0.15) is 12.4 Å². The molecule has 0 spiro atoms. The maximum Gasteiger partial charge on any atom is 0.269 e. The van der Waals surface area contributed by atoms with E-state index in [9.17, 15) is 10.1 Å². The van der Waals surface area contributed by atoms with Gasteiger partial charge in [-0.05, 0) is 19.2 Å². The fourth-order valence-corrected chi connectivity index (χ4v) is 2.04. The van der Waals surface area contributed by atoms with Crippen LogP contribution >= 0.6 is 0 Å². The van der Waals surface area contributed by atoms with Crippen molar-refractivity contribution in [1.82, 2.24) is 5.32 Å². The quantitative estimate of drug-likeness (QED) is 0.191. The maximum atomic E-state index is 10.6. The number of non-ortho nitro benzene ring substituents is 1. The third-order valence-corrected chi connectivity index (χ3v) is 3.53. The smallest absolute Gasteiger partial charge is 0.269 e. The summed E-state index contributed by atoms with van der Waals surface area (Å²) < 4.78 is 32.3. The van der Waals surface area contributed by atoms with Gasteiger partial charge in [0, 0.05) is 18.7 Å². The predicted octanol–water partition coefficient (Wildman–Crippen LogP) is 1.28. The molecule has 0 saturated carbocycles. The van der Waals surface area contributed by atoms with Crippen molar-refractivity contribution in [3.8, 4) is 5.75 Å². The first-order chi connectivity index (χ1) is 14.2. The Bertz CT molecular complexity index is 515. The number of nitro groups is 1. The van der Waals surface area contributed by atoms with Crippen molar-refractivity contribution in [1.29, 1.82) is 0 Å². The van der Waals surface area contributed by atoms with E-state index in [4.69, 9.17) is 28.4 Å². The molecule has 0 heterocycles. The monoisotopic (exact) mass is 416 g/mol. The molecule has 1 aromatic carbocycles. The molecule has 1 N–H and O–H groups in total. The van der Waals surface area contributed by atoms with Crippen LogP contribution in [0, 0.1) is 10.1 Å². The zero-order valence-electron chi connectivity index (χ0n) is 17.0. The standard InChI is InChI=1S/C19H32N2O8/c1-20-6-7-24-8-9-25-10-11-26-12-13-27-14-15-28-16-17-29-19-4-2-18(3-5-19)21(22)23/h2-5,20H,6-17H2,1H3. The molecule has 166 valence electrons. The Hall–Kier alpha value is -1.82. The molecule has 0 saturated heterocycles. The molecule has 0 atom stereocenters. The van der Waals surface area contributed by atoms with E-state index in [-0.39, 0.29) is 5.69 Å². The lowest BCUT2D eigenvalue weighted by Gasteiger charge is -2.08. The highest BCUT2D eigenvalue weighted by Gasteiger charge is 2.04. The van der Waals surface area contributed by atoms with Crippen LogP contribution in [0.4, 0.5) is 5.69 Å². The number of nitrogens with zero attached hydrogens (tertiary/aromatic N) is 1. The van der Waals surface area contributed by atoms with Gasteiger partial charge in [0.2, 0.25) is 0 Å². The van der Waals surface area contributed by atoms with Crippen LogP contribution in [0.5, 0.6) is 5.75 Å². The Kier molecular flexibility index (Phi) is 15.8. The third-order valence-electron chi connectivity index (χ3n) is 3.53. The van der Waals surface area contributed by atoms with Crippen LogP contribution in [0.2, 0.25) is 0 Å². The SMILES string of the molecule is CNCCOCCOCCOCCOCCOCCOc1ccc([N+](=O)[O-])cc1. The Balaban J connectivity index is 1.77. The highest BCUT2D eigenvalue weighted by atomic mass is 16.6. The summed E-state index contributed by atoms with van der Waals surface area (Å²) >= 11 is 0. The normalized spacial score (nSPS) is 10.9. The zero-order valence-corrected chi connectivity index (χ0v) is 17.0. The molecular weight excluding hydrogens is 384 g/mol. The number of ether oxygens (including phenoxy) is 6. The van der Waals surface area contributed by atoms with Crippen LogP contribution in [0.1, 0.15) is 0 Å². The third kappa shape index (κ3) is 14.8. The van der Waals surface area contributed by atoms with Crippen LogP contribution in [0.25, 0.3) is 0 Å². The van der Waals surface area contributed by atoms with E-state index < -0.39 is 4.92 Å². The van der Waals surface area contributed by atoms with Gasteiger partial charge in [-0.1, -0.05) is 0 Å². The van der Waals surface area contributed by atoms with Gasteiger partial charge < -0.3 is 33.7 Å². The minimum absolute atomic E-state index is 0.0348. The van der Waals surface area contributed by atoms with Crippen molar-refractivity contribution in [3.63, 3.8) is 0 Å². The van der Waals surface area contributed by atoms with Gasteiger partial charge in [0.05, 0.1) is 71.0 Å². The van der Waals surface area contributed by atoms with E-state index in [1.165, 1.54) is 12.1 Å².